The van der Waals surface area contributed by atoms with E-state index in [0.29, 0.717) is 6.42 Å². The van der Waals surface area contributed by atoms with Gasteiger partial charge in [0.15, 0.2) is 0 Å². The zero-order valence-corrected chi connectivity index (χ0v) is 6.80. The number of ketones is 2. The van der Waals surface area contributed by atoms with E-state index in [2.05, 4.69) is 15.9 Å². The van der Waals surface area contributed by atoms with Gasteiger partial charge in [-0.15, -0.1) is 0 Å². The summed E-state index contributed by atoms with van der Waals surface area (Å²) in [5.41, 5.74) is 0. The average Bonchev–Trinajstić information content (AvgIpc) is 1.82. The third-order valence-electron chi connectivity index (χ3n) is 1.46. The van der Waals surface area contributed by atoms with Gasteiger partial charge >= 0.3 is 0 Å². The summed E-state index contributed by atoms with van der Waals surface area (Å²) in [4.78, 5) is 21.3. The van der Waals surface area contributed by atoms with E-state index in [4.69, 9.17) is 5.11 Å². The summed E-state index contributed by atoms with van der Waals surface area (Å²) >= 11 is 3.16. The molecule has 56 valence electrons. The molecule has 0 spiro atoms. The molecule has 0 saturated heterocycles. The lowest BCUT2D eigenvalue weighted by Crippen LogP contribution is -2.37. The summed E-state index contributed by atoms with van der Waals surface area (Å²) in [5, 5.41) is 8.92. The minimum atomic E-state index is -1.08. The van der Waals surface area contributed by atoms with E-state index in [9.17, 15) is 9.59 Å². The van der Waals surface area contributed by atoms with Gasteiger partial charge < -0.3 is 5.11 Å². The van der Waals surface area contributed by atoms with Gasteiger partial charge in [-0.2, -0.15) is 0 Å². The van der Waals surface area contributed by atoms with Gasteiger partial charge in [0, 0.05) is 11.2 Å². The van der Waals surface area contributed by atoms with Crippen LogP contribution >= 0.6 is 15.9 Å². The highest BCUT2D eigenvalue weighted by atomic mass is 79.9. The molecule has 2 unspecified atom stereocenters. The maximum absolute atomic E-state index is 10.7. The van der Waals surface area contributed by atoms with Gasteiger partial charge in [0.05, 0.1) is 0 Å². The molecule has 3 nitrogen and oxygen atoms in total. The highest BCUT2D eigenvalue weighted by molar-refractivity contribution is 9.09. The van der Waals surface area contributed by atoms with Crippen molar-refractivity contribution in [3.63, 3.8) is 0 Å². The molecular weight excluding hydrogens is 200 g/mol. The third-order valence-corrected chi connectivity index (χ3v) is 2.16. The van der Waals surface area contributed by atoms with E-state index >= 15 is 0 Å². The number of aliphatic hydroxyl groups is 1. The average molecular weight is 207 g/mol. The standard InChI is InChI=1S/C6H7BrO3/c7-3-1-4(8)6(10)5(9)2-3/h3-4,8H,1-2H2. The Bertz CT molecular complexity index is 178. The second kappa shape index (κ2) is 2.80. The summed E-state index contributed by atoms with van der Waals surface area (Å²) in [5.74, 6) is -1.11. The quantitative estimate of drug-likeness (QED) is 0.450. The number of carbonyl (C=O) groups excluding carboxylic acids is 2. The lowest BCUT2D eigenvalue weighted by Gasteiger charge is -2.18. The number of hydrogen-bond donors (Lipinski definition) is 1. The topological polar surface area (TPSA) is 54.4 Å². The van der Waals surface area contributed by atoms with Gasteiger partial charge in [-0.3, -0.25) is 9.59 Å². The van der Waals surface area contributed by atoms with Gasteiger partial charge in [0.1, 0.15) is 6.10 Å². The maximum Gasteiger partial charge on any atom is 0.226 e. The Hall–Kier alpha value is -0.220. The Morgan fingerprint density at radius 2 is 2.10 bits per heavy atom. The SMILES string of the molecule is O=C1CC(Br)CC(O)C1=O. The van der Waals surface area contributed by atoms with Crippen LogP contribution in [-0.2, 0) is 9.59 Å². The number of halogens is 1. The number of Topliss-reactive ketones (excluding diaryl/α,β-unsaturated/α-hetero) is 2. The van der Waals surface area contributed by atoms with Crippen molar-refractivity contribution in [3.05, 3.63) is 0 Å². The minimum absolute atomic E-state index is 0.0345. The van der Waals surface area contributed by atoms with E-state index in [1.807, 2.05) is 0 Å². The first kappa shape index (κ1) is 7.88. The van der Waals surface area contributed by atoms with Crippen LogP contribution in [0.15, 0.2) is 0 Å². The normalized spacial score (nSPS) is 34.6. The van der Waals surface area contributed by atoms with E-state index < -0.39 is 17.7 Å². The van der Waals surface area contributed by atoms with Crippen molar-refractivity contribution in [2.24, 2.45) is 0 Å². The lowest BCUT2D eigenvalue weighted by molar-refractivity contribution is -0.143. The van der Waals surface area contributed by atoms with E-state index in [-0.39, 0.29) is 11.2 Å². The van der Waals surface area contributed by atoms with Gasteiger partial charge in [-0.05, 0) is 6.42 Å². The van der Waals surface area contributed by atoms with Crippen molar-refractivity contribution in [3.8, 4) is 0 Å². The lowest BCUT2D eigenvalue weighted by atomic mass is 9.95. The highest BCUT2D eigenvalue weighted by Crippen LogP contribution is 2.19. The number of hydrogen-bond acceptors (Lipinski definition) is 3. The molecule has 0 aliphatic heterocycles. The van der Waals surface area contributed by atoms with Gasteiger partial charge in [-0.1, -0.05) is 15.9 Å². The van der Waals surface area contributed by atoms with Crippen LogP contribution in [0.25, 0.3) is 0 Å². The van der Waals surface area contributed by atoms with Gasteiger partial charge in [0.2, 0.25) is 11.6 Å². The molecule has 0 aromatic rings. The number of alkyl halides is 1. The number of aliphatic hydroxyl groups excluding tert-OH is 1. The second-order valence-electron chi connectivity index (χ2n) is 2.34. The van der Waals surface area contributed by atoms with Crippen molar-refractivity contribution in [2.75, 3.05) is 0 Å². The fourth-order valence-corrected chi connectivity index (χ4v) is 1.57. The molecule has 1 saturated carbocycles. The summed E-state index contributed by atoms with van der Waals surface area (Å²) in [7, 11) is 0. The first-order chi connectivity index (χ1) is 4.61. The molecule has 0 radical (unpaired) electrons. The molecule has 0 bridgehead atoms. The first-order valence-corrected chi connectivity index (χ1v) is 3.92. The van der Waals surface area contributed by atoms with Crippen molar-refractivity contribution >= 4 is 27.5 Å². The second-order valence-corrected chi connectivity index (χ2v) is 3.64. The molecule has 4 heteroatoms. The third kappa shape index (κ3) is 1.44. The molecule has 1 aliphatic rings. The summed E-state index contributed by atoms with van der Waals surface area (Å²) < 4.78 is 0. The fourth-order valence-electron chi connectivity index (χ4n) is 0.920. The number of carbonyl (C=O) groups is 2. The Morgan fingerprint density at radius 1 is 1.50 bits per heavy atom. The van der Waals surface area contributed by atoms with Crippen LogP contribution in [0.2, 0.25) is 0 Å². The van der Waals surface area contributed by atoms with Crippen LogP contribution < -0.4 is 0 Å². The Morgan fingerprint density at radius 3 is 2.60 bits per heavy atom. The smallest absolute Gasteiger partial charge is 0.226 e. The van der Waals surface area contributed by atoms with Gasteiger partial charge in [-0.25, -0.2) is 0 Å². The van der Waals surface area contributed by atoms with Gasteiger partial charge in [0.25, 0.3) is 0 Å². The maximum atomic E-state index is 10.7. The molecule has 1 N–H and O–H groups in total. The monoisotopic (exact) mass is 206 g/mol. The van der Waals surface area contributed by atoms with Crippen LogP contribution in [0, 0.1) is 0 Å². The van der Waals surface area contributed by atoms with Crippen LogP contribution in [0.3, 0.4) is 0 Å². The van der Waals surface area contributed by atoms with E-state index in [1.165, 1.54) is 0 Å². The van der Waals surface area contributed by atoms with Crippen molar-refractivity contribution in [2.45, 2.75) is 23.8 Å². The molecule has 1 rings (SSSR count). The predicted molar refractivity (Wildman–Crippen MR) is 38.0 cm³/mol. The Labute approximate surface area is 66.5 Å². The Kier molecular flexibility index (Phi) is 2.21. The largest absolute Gasteiger partial charge is 0.385 e. The fraction of sp³-hybridized carbons (Fsp3) is 0.667. The minimum Gasteiger partial charge on any atom is -0.385 e. The van der Waals surface area contributed by atoms with Crippen LogP contribution in [0.1, 0.15) is 12.8 Å². The first-order valence-electron chi connectivity index (χ1n) is 3.00. The molecule has 10 heavy (non-hydrogen) atoms. The predicted octanol–water partition coefficient (Wildman–Crippen LogP) is 0.0428. The highest BCUT2D eigenvalue weighted by Gasteiger charge is 2.32. The molecule has 0 aromatic heterocycles. The summed E-state index contributed by atoms with van der Waals surface area (Å²) in [6.45, 7) is 0. The van der Waals surface area contributed by atoms with Crippen molar-refractivity contribution < 1.29 is 14.7 Å². The van der Waals surface area contributed by atoms with E-state index in [0.717, 1.165) is 0 Å². The molecule has 2 atom stereocenters. The molecular formula is C6H7BrO3. The van der Waals surface area contributed by atoms with E-state index in [1.54, 1.807) is 0 Å². The molecule has 1 fully saturated rings. The Balaban J connectivity index is 2.66. The molecule has 1 aliphatic carbocycles. The molecule has 0 amide bonds. The van der Waals surface area contributed by atoms with Crippen LogP contribution in [0.4, 0.5) is 0 Å². The van der Waals surface area contributed by atoms with Crippen LogP contribution in [-0.4, -0.2) is 27.6 Å². The zero-order valence-electron chi connectivity index (χ0n) is 5.21. The summed E-state index contributed by atoms with van der Waals surface area (Å²) in [6.07, 6.45) is -0.508. The molecule has 0 aromatic carbocycles. The summed E-state index contributed by atoms with van der Waals surface area (Å²) in [6, 6.07) is 0. The van der Waals surface area contributed by atoms with Crippen molar-refractivity contribution in [1.29, 1.82) is 0 Å². The zero-order chi connectivity index (χ0) is 7.72. The van der Waals surface area contributed by atoms with Crippen molar-refractivity contribution in [1.82, 2.24) is 0 Å². The number of rotatable bonds is 0. The van der Waals surface area contributed by atoms with Crippen LogP contribution in [0.5, 0.6) is 0 Å². The molecule has 0 heterocycles.